The van der Waals surface area contributed by atoms with Crippen LogP contribution in [-0.4, -0.2) is 57.9 Å². The average Bonchev–Trinajstić information content (AvgIpc) is 2.70. The van der Waals surface area contributed by atoms with Crippen LogP contribution in [0.3, 0.4) is 0 Å². The fourth-order valence-corrected chi connectivity index (χ4v) is 2.13. The van der Waals surface area contributed by atoms with E-state index in [-0.39, 0.29) is 12.3 Å². The van der Waals surface area contributed by atoms with Crippen molar-refractivity contribution in [2.24, 2.45) is 5.92 Å². The maximum atomic E-state index is 11.7. The Morgan fingerprint density at radius 1 is 1.43 bits per heavy atom. The third-order valence-corrected chi connectivity index (χ3v) is 3.12. The van der Waals surface area contributed by atoms with Crippen LogP contribution in [0.4, 0.5) is 4.79 Å². The van der Waals surface area contributed by atoms with Crippen molar-refractivity contribution in [3.63, 3.8) is 0 Å². The summed E-state index contributed by atoms with van der Waals surface area (Å²) in [5.74, 6) is -0.566. The van der Waals surface area contributed by atoms with E-state index in [2.05, 4.69) is 10.6 Å². The van der Waals surface area contributed by atoms with E-state index < -0.39 is 36.0 Å². The van der Waals surface area contributed by atoms with Crippen molar-refractivity contribution in [1.29, 1.82) is 0 Å². The highest BCUT2D eigenvalue weighted by Crippen LogP contribution is 2.19. The number of carbonyl (C=O) groups is 2. The zero-order chi connectivity index (χ0) is 16.2. The zero-order valence-electron chi connectivity index (χ0n) is 12.5. The van der Waals surface area contributed by atoms with Gasteiger partial charge in [-0.2, -0.15) is 0 Å². The van der Waals surface area contributed by atoms with Gasteiger partial charge in [-0.15, -0.1) is 0 Å². The van der Waals surface area contributed by atoms with Gasteiger partial charge in [0.15, 0.2) is 6.29 Å². The van der Waals surface area contributed by atoms with Gasteiger partial charge in [0.05, 0.1) is 6.04 Å². The largest absolute Gasteiger partial charge is 0.444 e. The first-order chi connectivity index (χ1) is 9.60. The summed E-state index contributed by atoms with van der Waals surface area (Å²) in [4.78, 5) is 23.3. The van der Waals surface area contributed by atoms with E-state index in [1.54, 1.807) is 20.8 Å². The highest BCUT2D eigenvalue weighted by atomic mass is 16.6. The minimum absolute atomic E-state index is 0.101. The van der Waals surface area contributed by atoms with Crippen LogP contribution in [0.2, 0.25) is 0 Å². The van der Waals surface area contributed by atoms with E-state index in [1.807, 2.05) is 0 Å². The molecule has 1 unspecified atom stereocenters. The molecule has 1 saturated heterocycles. The number of alkyl carbamates (subject to hydrolysis) is 1. The predicted octanol–water partition coefficient (Wildman–Crippen LogP) is -0.922. The molecule has 1 aliphatic heterocycles. The molecule has 3 atom stereocenters. The molecule has 2 amide bonds. The predicted molar refractivity (Wildman–Crippen MR) is 73.1 cm³/mol. The van der Waals surface area contributed by atoms with Crippen molar-refractivity contribution in [3.8, 4) is 0 Å². The summed E-state index contributed by atoms with van der Waals surface area (Å²) < 4.78 is 5.06. The van der Waals surface area contributed by atoms with E-state index in [4.69, 9.17) is 14.9 Å². The Morgan fingerprint density at radius 3 is 2.48 bits per heavy atom. The first kappa shape index (κ1) is 17.7. The van der Waals surface area contributed by atoms with Crippen LogP contribution in [0.25, 0.3) is 0 Å². The van der Waals surface area contributed by atoms with Crippen molar-refractivity contribution in [3.05, 3.63) is 0 Å². The number of ether oxygens (including phenoxy) is 1. The average molecular weight is 304 g/mol. The second-order valence-corrected chi connectivity index (χ2v) is 6.17. The number of hydrogen-bond acceptors (Lipinski definition) is 6. The summed E-state index contributed by atoms with van der Waals surface area (Å²) in [6.07, 6.45) is -3.74. The Bertz CT molecular complexity index is 379. The number of aliphatic hydroxyl groups is 3. The lowest BCUT2D eigenvalue weighted by Crippen LogP contribution is -2.51. The van der Waals surface area contributed by atoms with Gasteiger partial charge >= 0.3 is 6.09 Å². The molecule has 1 rings (SSSR count). The lowest BCUT2D eigenvalue weighted by Gasteiger charge is -2.28. The fourth-order valence-electron chi connectivity index (χ4n) is 2.13. The summed E-state index contributed by atoms with van der Waals surface area (Å²) in [7, 11) is 0. The summed E-state index contributed by atoms with van der Waals surface area (Å²) in [6, 6.07) is -0.992. The lowest BCUT2D eigenvalue weighted by molar-refractivity contribution is -0.136. The van der Waals surface area contributed by atoms with Gasteiger partial charge in [0.2, 0.25) is 5.91 Å². The van der Waals surface area contributed by atoms with E-state index in [1.165, 1.54) is 0 Å². The van der Waals surface area contributed by atoms with E-state index in [0.29, 0.717) is 13.0 Å². The van der Waals surface area contributed by atoms with E-state index >= 15 is 0 Å². The molecule has 1 fully saturated rings. The first-order valence-corrected chi connectivity index (χ1v) is 6.91. The summed E-state index contributed by atoms with van der Waals surface area (Å²) in [6.45, 7) is 5.58. The molecule has 0 saturated carbocycles. The van der Waals surface area contributed by atoms with Crippen LogP contribution < -0.4 is 10.6 Å². The third kappa shape index (κ3) is 5.86. The molecule has 0 aliphatic carbocycles. The minimum Gasteiger partial charge on any atom is -0.444 e. The van der Waals surface area contributed by atoms with Gasteiger partial charge in [0, 0.05) is 12.5 Å². The molecule has 122 valence electrons. The number of nitrogens with one attached hydrogen (secondary N) is 2. The molecule has 0 aromatic carbocycles. The van der Waals surface area contributed by atoms with Crippen LogP contribution >= 0.6 is 0 Å². The van der Waals surface area contributed by atoms with Crippen LogP contribution in [0.15, 0.2) is 0 Å². The second-order valence-electron chi connectivity index (χ2n) is 6.17. The van der Waals surface area contributed by atoms with Crippen molar-refractivity contribution in [2.45, 2.75) is 57.6 Å². The van der Waals surface area contributed by atoms with E-state index in [9.17, 15) is 14.7 Å². The van der Waals surface area contributed by atoms with Gasteiger partial charge in [-0.05, 0) is 33.6 Å². The highest BCUT2D eigenvalue weighted by Gasteiger charge is 2.34. The van der Waals surface area contributed by atoms with Crippen molar-refractivity contribution < 1.29 is 29.6 Å². The molecule has 1 heterocycles. The summed E-state index contributed by atoms with van der Waals surface area (Å²) in [5.41, 5.74) is -0.720. The number of hydrogen-bond donors (Lipinski definition) is 5. The molecule has 0 aromatic heterocycles. The number of amides is 2. The van der Waals surface area contributed by atoms with Gasteiger partial charge < -0.3 is 30.7 Å². The van der Waals surface area contributed by atoms with Gasteiger partial charge in [-0.1, -0.05) is 0 Å². The standard InChI is InChI=1S/C13H24N2O6/c1-13(2,3)21-12(20)15-8(9(16)11(18)19)6-7-4-5-14-10(7)17/h7-9,11,16,18-19H,4-6H2,1-3H3,(H,14,17)(H,15,20)/t7-,8-,9?/m0/s1. The molecule has 5 N–H and O–H groups in total. The van der Waals surface area contributed by atoms with E-state index in [0.717, 1.165) is 0 Å². The minimum atomic E-state index is -2.02. The smallest absolute Gasteiger partial charge is 0.407 e. The van der Waals surface area contributed by atoms with Crippen LogP contribution in [0.1, 0.15) is 33.6 Å². The van der Waals surface area contributed by atoms with Crippen molar-refractivity contribution in [1.82, 2.24) is 10.6 Å². The van der Waals surface area contributed by atoms with Crippen molar-refractivity contribution in [2.75, 3.05) is 6.54 Å². The van der Waals surface area contributed by atoms with Gasteiger partial charge in [-0.3, -0.25) is 4.79 Å². The summed E-state index contributed by atoms with van der Waals surface area (Å²) >= 11 is 0. The molecule has 0 bridgehead atoms. The number of aliphatic hydroxyl groups excluding tert-OH is 2. The highest BCUT2D eigenvalue weighted by molar-refractivity contribution is 5.80. The number of carbonyl (C=O) groups excluding carboxylic acids is 2. The Labute approximate surface area is 123 Å². The Morgan fingerprint density at radius 2 is 2.05 bits per heavy atom. The van der Waals surface area contributed by atoms with Crippen LogP contribution in [-0.2, 0) is 9.53 Å². The normalized spacial score (nSPS) is 21.9. The van der Waals surface area contributed by atoms with Crippen LogP contribution in [0, 0.1) is 5.92 Å². The second kappa shape index (κ2) is 7.06. The topological polar surface area (TPSA) is 128 Å². The van der Waals surface area contributed by atoms with Crippen molar-refractivity contribution >= 4 is 12.0 Å². The fraction of sp³-hybridized carbons (Fsp3) is 0.846. The monoisotopic (exact) mass is 304 g/mol. The van der Waals surface area contributed by atoms with Gasteiger partial charge in [0.25, 0.3) is 0 Å². The molecule has 1 aliphatic rings. The Kier molecular flexibility index (Phi) is 5.94. The molecule has 0 radical (unpaired) electrons. The molecule has 8 heteroatoms. The van der Waals surface area contributed by atoms with Gasteiger partial charge in [0.1, 0.15) is 11.7 Å². The maximum absolute atomic E-state index is 11.7. The SMILES string of the molecule is CC(C)(C)OC(=O)N[C@@H](C[C@@H]1CCNC1=O)C(O)C(O)O. The lowest BCUT2D eigenvalue weighted by atomic mass is 9.95. The molecule has 0 aromatic rings. The maximum Gasteiger partial charge on any atom is 0.407 e. The number of rotatable bonds is 5. The zero-order valence-corrected chi connectivity index (χ0v) is 12.5. The first-order valence-electron chi connectivity index (χ1n) is 6.91. The quantitative estimate of drug-likeness (QED) is 0.418. The van der Waals surface area contributed by atoms with Gasteiger partial charge in [-0.25, -0.2) is 4.79 Å². The molecule has 8 nitrogen and oxygen atoms in total. The Balaban J connectivity index is 2.68. The molecule has 21 heavy (non-hydrogen) atoms. The van der Waals surface area contributed by atoms with Crippen LogP contribution in [0.5, 0.6) is 0 Å². The summed E-state index contributed by atoms with van der Waals surface area (Å²) in [5, 5.41) is 33.0. The molecular formula is C13H24N2O6. The third-order valence-electron chi connectivity index (χ3n) is 3.12. The Hall–Kier alpha value is -1.38. The molecule has 0 spiro atoms. The molecular weight excluding hydrogens is 280 g/mol.